The van der Waals surface area contributed by atoms with Crippen LogP contribution in [0.1, 0.15) is 22.8 Å². The molecular formula is C9H8ClFO. The lowest BCUT2D eigenvalue weighted by atomic mass is 10.1. The molecule has 0 saturated heterocycles. The fourth-order valence-electron chi connectivity index (χ4n) is 0.959. The van der Waals surface area contributed by atoms with Gasteiger partial charge in [-0.15, -0.1) is 0 Å². The van der Waals surface area contributed by atoms with Crippen LogP contribution in [0.15, 0.2) is 12.1 Å². The summed E-state index contributed by atoms with van der Waals surface area (Å²) in [6.07, 6.45) is 1.21. The van der Waals surface area contributed by atoms with Gasteiger partial charge in [0.25, 0.3) is 0 Å². The summed E-state index contributed by atoms with van der Waals surface area (Å²) in [7, 11) is 0. The van der Waals surface area contributed by atoms with Gasteiger partial charge in [0.1, 0.15) is 0 Å². The van der Waals surface area contributed by atoms with Crippen LogP contribution in [0.4, 0.5) is 4.39 Å². The highest BCUT2D eigenvalue weighted by atomic mass is 35.5. The third-order valence-corrected chi connectivity index (χ3v) is 1.93. The number of hydrogen-bond acceptors (Lipinski definition) is 1. The average Bonchev–Trinajstić information content (AvgIpc) is 2.09. The van der Waals surface area contributed by atoms with E-state index < -0.39 is 5.82 Å². The van der Waals surface area contributed by atoms with Crippen molar-refractivity contribution in [3.8, 4) is 0 Å². The zero-order valence-electron chi connectivity index (χ0n) is 6.60. The van der Waals surface area contributed by atoms with Gasteiger partial charge in [-0.2, -0.15) is 0 Å². The normalized spacial score (nSPS) is 9.92. The molecule has 1 rings (SSSR count). The van der Waals surface area contributed by atoms with E-state index in [0.717, 1.165) is 12.0 Å². The molecule has 0 aliphatic carbocycles. The summed E-state index contributed by atoms with van der Waals surface area (Å²) in [5.41, 5.74) is 0.892. The van der Waals surface area contributed by atoms with Crippen LogP contribution in [0.2, 0.25) is 5.02 Å². The van der Waals surface area contributed by atoms with Crippen molar-refractivity contribution in [2.75, 3.05) is 0 Å². The van der Waals surface area contributed by atoms with Gasteiger partial charge in [-0.1, -0.05) is 18.5 Å². The fraction of sp³-hybridized carbons (Fsp3) is 0.222. The Morgan fingerprint density at radius 3 is 2.75 bits per heavy atom. The SMILES string of the molecule is CCc1cc(Cl)c(F)c(C=O)c1. The molecule has 0 spiro atoms. The Hall–Kier alpha value is -0.890. The van der Waals surface area contributed by atoms with Crippen LogP contribution in [0.25, 0.3) is 0 Å². The molecule has 1 aromatic carbocycles. The van der Waals surface area contributed by atoms with Gasteiger partial charge in [0.05, 0.1) is 10.6 Å². The lowest BCUT2D eigenvalue weighted by molar-refractivity contribution is 0.111. The van der Waals surface area contributed by atoms with Crippen molar-refractivity contribution >= 4 is 17.9 Å². The van der Waals surface area contributed by atoms with Crippen molar-refractivity contribution in [1.29, 1.82) is 0 Å². The number of rotatable bonds is 2. The maximum absolute atomic E-state index is 13.0. The minimum absolute atomic E-state index is 0.0106. The number of benzene rings is 1. The summed E-state index contributed by atoms with van der Waals surface area (Å²) >= 11 is 5.54. The summed E-state index contributed by atoms with van der Waals surface area (Å²) in [5, 5.41) is 0.0106. The number of hydrogen-bond donors (Lipinski definition) is 0. The van der Waals surface area contributed by atoms with Crippen LogP contribution in [0.3, 0.4) is 0 Å². The lowest BCUT2D eigenvalue weighted by Gasteiger charge is -2.01. The molecule has 0 aromatic heterocycles. The van der Waals surface area contributed by atoms with Crippen molar-refractivity contribution < 1.29 is 9.18 Å². The highest BCUT2D eigenvalue weighted by molar-refractivity contribution is 6.31. The maximum Gasteiger partial charge on any atom is 0.153 e. The first-order valence-electron chi connectivity index (χ1n) is 3.62. The van der Waals surface area contributed by atoms with Gasteiger partial charge < -0.3 is 0 Å². The van der Waals surface area contributed by atoms with E-state index >= 15 is 0 Å². The smallest absolute Gasteiger partial charge is 0.153 e. The topological polar surface area (TPSA) is 17.1 Å². The van der Waals surface area contributed by atoms with E-state index in [4.69, 9.17) is 11.6 Å². The second kappa shape index (κ2) is 3.68. The standard InChI is InChI=1S/C9H8ClFO/c1-2-6-3-7(5-12)9(11)8(10)4-6/h3-5H,2H2,1H3. The van der Waals surface area contributed by atoms with E-state index in [-0.39, 0.29) is 10.6 Å². The molecule has 3 heteroatoms. The molecule has 0 amide bonds. The Balaban J connectivity index is 3.28. The average molecular weight is 187 g/mol. The first kappa shape index (κ1) is 9.20. The monoisotopic (exact) mass is 186 g/mol. The van der Waals surface area contributed by atoms with E-state index in [1.807, 2.05) is 6.92 Å². The minimum Gasteiger partial charge on any atom is -0.298 e. The Morgan fingerprint density at radius 1 is 1.58 bits per heavy atom. The maximum atomic E-state index is 13.0. The van der Waals surface area contributed by atoms with Crippen molar-refractivity contribution in [3.63, 3.8) is 0 Å². The van der Waals surface area contributed by atoms with E-state index in [2.05, 4.69) is 0 Å². The molecule has 0 aliphatic rings. The van der Waals surface area contributed by atoms with Gasteiger partial charge in [0, 0.05) is 0 Å². The molecule has 0 saturated carbocycles. The first-order chi connectivity index (χ1) is 5.69. The number of halogens is 2. The van der Waals surface area contributed by atoms with E-state index in [9.17, 15) is 9.18 Å². The van der Waals surface area contributed by atoms with Crippen molar-refractivity contribution in [1.82, 2.24) is 0 Å². The molecule has 64 valence electrons. The molecule has 1 nitrogen and oxygen atoms in total. The quantitative estimate of drug-likeness (QED) is 0.650. The van der Waals surface area contributed by atoms with Gasteiger partial charge in [0.15, 0.2) is 12.1 Å². The zero-order valence-corrected chi connectivity index (χ0v) is 7.36. The summed E-state index contributed by atoms with van der Waals surface area (Å²) in [6.45, 7) is 1.91. The number of aldehydes is 1. The molecule has 0 atom stereocenters. The molecule has 1 aromatic rings. The fourth-order valence-corrected chi connectivity index (χ4v) is 1.21. The van der Waals surface area contributed by atoms with Gasteiger partial charge in [0.2, 0.25) is 0 Å². The molecule has 0 unspecified atom stereocenters. The Labute approximate surface area is 75.2 Å². The molecule has 12 heavy (non-hydrogen) atoms. The second-order valence-electron chi connectivity index (χ2n) is 2.45. The third-order valence-electron chi connectivity index (χ3n) is 1.65. The first-order valence-corrected chi connectivity index (χ1v) is 4.00. The van der Waals surface area contributed by atoms with Gasteiger partial charge in [-0.25, -0.2) is 4.39 Å². The Kier molecular flexibility index (Phi) is 2.82. The molecule has 0 aliphatic heterocycles. The Morgan fingerprint density at radius 2 is 2.25 bits per heavy atom. The van der Waals surface area contributed by atoms with Gasteiger partial charge in [-0.3, -0.25) is 4.79 Å². The van der Waals surface area contributed by atoms with E-state index in [1.54, 1.807) is 0 Å². The summed E-state index contributed by atoms with van der Waals surface area (Å²) < 4.78 is 13.0. The largest absolute Gasteiger partial charge is 0.298 e. The highest BCUT2D eigenvalue weighted by Crippen LogP contribution is 2.19. The molecule has 0 fully saturated rings. The van der Waals surface area contributed by atoms with Crippen LogP contribution in [-0.2, 0) is 6.42 Å². The molecule has 0 heterocycles. The predicted octanol–water partition coefficient (Wildman–Crippen LogP) is 2.85. The van der Waals surface area contributed by atoms with Crippen molar-refractivity contribution in [2.45, 2.75) is 13.3 Å². The third kappa shape index (κ3) is 1.64. The minimum atomic E-state index is -0.635. The van der Waals surface area contributed by atoms with Gasteiger partial charge >= 0.3 is 0 Å². The number of carbonyl (C=O) groups excluding carboxylic acids is 1. The van der Waals surface area contributed by atoms with Gasteiger partial charge in [-0.05, 0) is 24.1 Å². The summed E-state index contributed by atoms with van der Waals surface area (Å²) in [5.74, 6) is -0.635. The molecular weight excluding hydrogens is 179 g/mol. The summed E-state index contributed by atoms with van der Waals surface area (Å²) in [4.78, 5) is 10.3. The Bertz CT molecular complexity index is 310. The van der Waals surface area contributed by atoms with E-state index in [1.165, 1.54) is 12.1 Å². The molecule has 0 radical (unpaired) electrons. The molecule has 0 bridgehead atoms. The summed E-state index contributed by atoms with van der Waals surface area (Å²) in [6, 6.07) is 3.04. The van der Waals surface area contributed by atoms with Crippen LogP contribution >= 0.6 is 11.6 Å². The van der Waals surface area contributed by atoms with Crippen LogP contribution in [0, 0.1) is 5.82 Å². The van der Waals surface area contributed by atoms with Crippen molar-refractivity contribution in [2.24, 2.45) is 0 Å². The zero-order chi connectivity index (χ0) is 9.14. The van der Waals surface area contributed by atoms with Crippen molar-refractivity contribution in [3.05, 3.63) is 34.1 Å². The number of carbonyl (C=O) groups is 1. The highest BCUT2D eigenvalue weighted by Gasteiger charge is 2.07. The van der Waals surface area contributed by atoms with Crippen LogP contribution in [-0.4, -0.2) is 6.29 Å². The molecule has 0 N–H and O–H groups in total. The van der Waals surface area contributed by atoms with E-state index in [0.29, 0.717) is 6.29 Å². The van der Waals surface area contributed by atoms with Crippen LogP contribution in [0.5, 0.6) is 0 Å². The van der Waals surface area contributed by atoms with Crippen LogP contribution < -0.4 is 0 Å². The predicted molar refractivity (Wildman–Crippen MR) is 46.2 cm³/mol. The second-order valence-corrected chi connectivity index (χ2v) is 2.86. The number of aryl methyl sites for hydroxylation is 1. The lowest BCUT2D eigenvalue weighted by Crippen LogP contribution is -1.92.